The molecular formula is C23H25N5O4S. The molecule has 2 aliphatic rings. The summed E-state index contributed by atoms with van der Waals surface area (Å²) in [4.78, 5) is 15.1. The Morgan fingerprint density at radius 1 is 1.09 bits per heavy atom. The number of anilines is 1. The predicted octanol–water partition coefficient (Wildman–Crippen LogP) is 1.79. The number of aromatic nitrogens is 2. The van der Waals surface area contributed by atoms with Crippen LogP contribution in [0.5, 0.6) is 5.75 Å². The van der Waals surface area contributed by atoms with Gasteiger partial charge in [-0.3, -0.25) is 14.4 Å². The van der Waals surface area contributed by atoms with Crippen LogP contribution >= 0.6 is 0 Å². The van der Waals surface area contributed by atoms with Crippen molar-refractivity contribution in [3.63, 3.8) is 0 Å². The van der Waals surface area contributed by atoms with Gasteiger partial charge in [0.1, 0.15) is 12.4 Å². The highest BCUT2D eigenvalue weighted by Crippen LogP contribution is 2.32. The maximum atomic E-state index is 13.1. The van der Waals surface area contributed by atoms with Crippen LogP contribution in [0.2, 0.25) is 0 Å². The van der Waals surface area contributed by atoms with Gasteiger partial charge in [-0.05, 0) is 29.8 Å². The molecule has 1 N–H and O–H groups in total. The van der Waals surface area contributed by atoms with Gasteiger partial charge in [0, 0.05) is 38.4 Å². The fourth-order valence-corrected chi connectivity index (χ4v) is 5.74. The molecule has 2 aromatic carbocycles. The Kier molecular flexibility index (Phi) is 5.65. The number of nitrogens with one attached hydrogen (secondary N) is 1. The maximum Gasteiger partial charge on any atom is 0.243 e. The van der Waals surface area contributed by atoms with E-state index in [4.69, 9.17) is 4.74 Å². The molecule has 0 unspecified atom stereocenters. The molecule has 0 radical (unpaired) electrons. The lowest BCUT2D eigenvalue weighted by Crippen LogP contribution is -2.57. The summed E-state index contributed by atoms with van der Waals surface area (Å²) in [6, 6.07) is 13.8. The number of hydrogen-bond acceptors (Lipinski definition) is 6. The summed E-state index contributed by atoms with van der Waals surface area (Å²) >= 11 is 0. The highest BCUT2D eigenvalue weighted by atomic mass is 32.2. The molecule has 0 bridgehead atoms. The molecule has 1 amide bonds. The van der Waals surface area contributed by atoms with E-state index in [1.165, 1.54) is 4.31 Å². The van der Waals surface area contributed by atoms with Crippen molar-refractivity contribution in [2.45, 2.75) is 10.9 Å². The van der Waals surface area contributed by atoms with Crippen LogP contribution < -0.4 is 10.1 Å². The van der Waals surface area contributed by atoms with Gasteiger partial charge >= 0.3 is 0 Å². The molecule has 10 heteroatoms. The average Bonchev–Trinajstić information content (AvgIpc) is 3.27. The summed E-state index contributed by atoms with van der Waals surface area (Å²) in [6.45, 7) is 1.47. The lowest BCUT2D eigenvalue weighted by molar-refractivity contribution is -0.118. The van der Waals surface area contributed by atoms with Gasteiger partial charge in [-0.25, -0.2) is 8.42 Å². The van der Waals surface area contributed by atoms with E-state index in [2.05, 4.69) is 10.4 Å². The van der Waals surface area contributed by atoms with Crippen molar-refractivity contribution in [2.24, 2.45) is 7.05 Å². The van der Waals surface area contributed by atoms with Gasteiger partial charge in [-0.1, -0.05) is 24.3 Å². The van der Waals surface area contributed by atoms with E-state index in [0.717, 1.165) is 11.1 Å². The summed E-state index contributed by atoms with van der Waals surface area (Å²) < 4.78 is 35.5. The number of aryl methyl sites for hydroxylation is 1. The highest BCUT2D eigenvalue weighted by Gasteiger charge is 2.36. The van der Waals surface area contributed by atoms with Crippen molar-refractivity contribution in [3.05, 3.63) is 60.9 Å². The smallest absolute Gasteiger partial charge is 0.243 e. The van der Waals surface area contributed by atoms with Gasteiger partial charge in [-0.2, -0.15) is 9.40 Å². The number of hydrogen-bond donors (Lipinski definition) is 1. The van der Waals surface area contributed by atoms with E-state index in [-0.39, 0.29) is 36.5 Å². The lowest BCUT2D eigenvalue weighted by Gasteiger charge is -2.39. The molecule has 3 heterocycles. The second-order valence-corrected chi connectivity index (χ2v) is 10.2. The summed E-state index contributed by atoms with van der Waals surface area (Å²) in [5.74, 6) is 0.398. The van der Waals surface area contributed by atoms with Gasteiger partial charge in [0.2, 0.25) is 15.9 Å². The molecule has 0 saturated carbocycles. The van der Waals surface area contributed by atoms with E-state index in [1.54, 1.807) is 41.2 Å². The second kappa shape index (κ2) is 8.62. The predicted molar refractivity (Wildman–Crippen MR) is 123 cm³/mol. The summed E-state index contributed by atoms with van der Waals surface area (Å²) in [7, 11) is -1.76. The first-order valence-electron chi connectivity index (χ1n) is 10.7. The minimum atomic E-state index is -3.61. The zero-order valence-electron chi connectivity index (χ0n) is 18.2. The van der Waals surface area contributed by atoms with Crippen molar-refractivity contribution in [1.82, 2.24) is 19.0 Å². The van der Waals surface area contributed by atoms with Gasteiger partial charge < -0.3 is 10.1 Å². The van der Waals surface area contributed by atoms with Crippen molar-refractivity contribution >= 4 is 21.6 Å². The summed E-state index contributed by atoms with van der Waals surface area (Å²) in [5.41, 5.74) is 2.45. The van der Waals surface area contributed by atoms with Crippen LogP contribution in [-0.4, -0.2) is 72.1 Å². The van der Waals surface area contributed by atoms with Crippen molar-refractivity contribution < 1.29 is 17.9 Å². The minimum absolute atomic E-state index is 0.158. The van der Waals surface area contributed by atoms with Crippen LogP contribution in [0, 0.1) is 0 Å². The molecule has 1 aromatic heterocycles. The summed E-state index contributed by atoms with van der Waals surface area (Å²) in [5, 5.41) is 7.16. The van der Waals surface area contributed by atoms with Gasteiger partial charge in [0.25, 0.3) is 0 Å². The molecular weight excluding hydrogens is 442 g/mol. The van der Waals surface area contributed by atoms with E-state index < -0.39 is 10.0 Å². The van der Waals surface area contributed by atoms with Crippen LogP contribution in [0.25, 0.3) is 11.1 Å². The molecule has 0 aliphatic carbocycles. The molecule has 1 fully saturated rings. The van der Waals surface area contributed by atoms with Crippen molar-refractivity contribution in [1.29, 1.82) is 0 Å². The largest absolute Gasteiger partial charge is 0.490 e. The van der Waals surface area contributed by atoms with Crippen molar-refractivity contribution in [3.8, 4) is 16.9 Å². The SMILES string of the molecule is Cn1cc(-c2ccc3c(c2)NC(=O)CN2CCN(S(=O)(=O)c4ccccc4)C[C@H]2CO3)cn1. The molecule has 172 valence electrons. The van der Waals surface area contributed by atoms with Gasteiger partial charge in [0.05, 0.1) is 29.4 Å². The van der Waals surface area contributed by atoms with E-state index in [1.807, 2.05) is 36.3 Å². The van der Waals surface area contributed by atoms with E-state index >= 15 is 0 Å². The highest BCUT2D eigenvalue weighted by molar-refractivity contribution is 7.89. The Morgan fingerprint density at radius 3 is 2.67 bits per heavy atom. The summed E-state index contributed by atoms with van der Waals surface area (Å²) in [6.07, 6.45) is 3.67. The number of sulfonamides is 1. The first kappa shape index (κ1) is 21.6. The zero-order chi connectivity index (χ0) is 23.0. The third-order valence-electron chi connectivity index (χ3n) is 6.02. The quantitative estimate of drug-likeness (QED) is 0.631. The normalized spacial score (nSPS) is 19.9. The third-order valence-corrected chi connectivity index (χ3v) is 7.90. The monoisotopic (exact) mass is 467 g/mol. The van der Waals surface area contributed by atoms with E-state index in [9.17, 15) is 13.2 Å². The standard InChI is InChI=1S/C23H25N5O4S/c1-26-13-18(12-24-26)17-7-8-22-21(11-17)25-23(29)15-27-9-10-28(14-19(27)16-32-22)33(30,31)20-5-3-2-4-6-20/h2-8,11-13,19H,9-10,14-16H2,1H3,(H,25,29)/t19-/m0/s1. The molecule has 0 spiro atoms. The van der Waals surface area contributed by atoms with E-state index in [0.29, 0.717) is 24.5 Å². The number of rotatable bonds is 3. The maximum absolute atomic E-state index is 13.1. The number of carbonyl (C=O) groups excluding carboxylic acids is 1. The average molecular weight is 468 g/mol. The fraction of sp³-hybridized carbons (Fsp3) is 0.304. The van der Waals surface area contributed by atoms with Crippen LogP contribution in [0.1, 0.15) is 0 Å². The van der Waals surface area contributed by atoms with Gasteiger partial charge in [0.15, 0.2) is 0 Å². The third kappa shape index (κ3) is 4.37. The number of piperazine rings is 1. The van der Waals surface area contributed by atoms with Crippen LogP contribution in [0.3, 0.4) is 0 Å². The zero-order valence-corrected chi connectivity index (χ0v) is 19.0. The molecule has 9 nitrogen and oxygen atoms in total. The number of benzene rings is 2. The topological polar surface area (TPSA) is 96.8 Å². The Hall–Kier alpha value is -3.21. The van der Waals surface area contributed by atoms with Crippen LogP contribution in [0.15, 0.2) is 65.8 Å². The van der Waals surface area contributed by atoms with Gasteiger partial charge in [-0.15, -0.1) is 0 Å². The molecule has 1 saturated heterocycles. The van der Waals surface area contributed by atoms with Crippen LogP contribution in [-0.2, 0) is 21.9 Å². The first-order chi connectivity index (χ1) is 15.9. The Balaban J connectivity index is 1.38. The molecule has 1 atom stereocenters. The molecule has 3 aromatic rings. The van der Waals surface area contributed by atoms with Crippen molar-refractivity contribution in [2.75, 3.05) is 38.1 Å². The Bertz CT molecular complexity index is 1280. The number of fused-ring (bicyclic) bond motifs is 2. The minimum Gasteiger partial charge on any atom is -0.490 e. The lowest BCUT2D eigenvalue weighted by atomic mass is 10.1. The number of amides is 1. The second-order valence-electron chi connectivity index (χ2n) is 8.27. The molecule has 5 rings (SSSR count). The molecule has 33 heavy (non-hydrogen) atoms. The first-order valence-corrected chi connectivity index (χ1v) is 12.2. The number of nitrogens with zero attached hydrogens (tertiary/aromatic N) is 4. The fourth-order valence-electron chi connectivity index (χ4n) is 4.25. The number of ether oxygens (including phenoxy) is 1. The Morgan fingerprint density at radius 2 is 1.91 bits per heavy atom. The molecule has 2 aliphatic heterocycles. The number of carbonyl (C=O) groups is 1. The Labute approximate surface area is 192 Å². The van der Waals surface area contributed by atoms with Crippen LogP contribution in [0.4, 0.5) is 5.69 Å².